The monoisotopic (exact) mass is 309 g/mol. The predicted octanol–water partition coefficient (Wildman–Crippen LogP) is 2.79. The summed E-state index contributed by atoms with van der Waals surface area (Å²) in [5.74, 6) is 0.666. The van der Waals surface area contributed by atoms with Crippen LogP contribution in [0.5, 0.6) is 0 Å². The zero-order chi connectivity index (χ0) is 15.1. The Kier molecular flexibility index (Phi) is 15.6. The predicted molar refractivity (Wildman–Crippen MR) is 84.8 cm³/mol. The highest BCUT2D eigenvalue weighted by atomic mass is 35.5. The van der Waals surface area contributed by atoms with Gasteiger partial charge in [0.25, 0.3) is 0 Å². The fourth-order valence-corrected chi connectivity index (χ4v) is 1.92. The van der Waals surface area contributed by atoms with Gasteiger partial charge in [-0.05, 0) is 20.3 Å². The zero-order valence-corrected chi connectivity index (χ0v) is 14.2. The van der Waals surface area contributed by atoms with E-state index in [0.29, 0.717) is 38.3 Å². The Morgan fingerprint density at radius 1 is 0.850 bits per heavy atom. The largest absolute Gasteiger partial charge is 0.379 e. The van der Waals surface area contributed by atoms with E-state index in [2.05, 4.69) is 25.7 Å². The van der Waals surface area contributed by atoms with Crippen molar-refractivity contribution < 1.29 is 14.2 Å². The van der Waals surface area contributed by atoms with Gasteiger partial charge in [0.15, 0.2) is 0 Å². The van der Waals surface area contributed by atoms with Crippen molar-refractivity contribution in [2.24, 2.45) is 0 Å². The molecule has 0 atom stereocenters. The Hall–Kier alpha value is 0.130. The first-order valence-electron chi connectivity index (χ1n) is 7.75. The minimum Gasteiger partial charge on any atom is -0.379 e. The lowest BCUT2D eigenvalue weighted by molar-refractivity contribution is 0.00907. The summed E-state index contributed by atoms with van der Waals surface area (Å²) in [5, 5.41) is 0. The summed E-state index contributed by atoms with van der Waals surface area (Å²) in [4.78, 5) is 2.31. The van der Waals surface area contributed by atoms with Crippen LogP contribution in [-0.4, -0.2) is 69.6 Å². The first kappa shape index (κ1) is 20.1. The molecule has 0 unspecified atom stereocenters. The lowest BCUT2D eigenvalue weighted by atomic mass is 10.3. The summed E-state index contributed by atoms with van der Waals surface area (Å²) < 4.78 is 16.4. The SMILES string of the molecule is CCCCOCCOCCOCCN(CCCl)C(C)C. The van der Waals surface area contributed by atoms with Crippen LogP contribution in [0.15, 0.2) is 0 Å². The average Bonchev–Trinajstić information content (AvgIpc) is 2.43. The van der Waals surface area contributed by atoms with Crippen molar-refractivity contribution in [2.75, 3.05) is 58.6 Å². The molecule has 0 aromatic carbocycles. The normalized spacial score (nSPS) is 11.7. The van der Waals surface area contributed by atoms with Crippen LogP contribution in [0, 0.1) is 0 Å². The number of alkyl halides is 1. The van der Waals surface area contributed by atoms with E-state index in [1.54, 1.807) is 0 Å². The molecule has 0 spiro atoms. The highest BCUT2D eigenvalue weighted by Crippen LogP contribution is 1.98. The van der Waals surface area contributed by atoms with Crippen LogP contribution >= 0.6 is 11.6 Å². The summed E-state index contributed by atoms with van der Waals surface area (Å²) in [6.07, 6.45) is 2.30. The van der Waals surface area contributed by atoms with Crippen LogP contribution < -0.4 is 0 Å². The average molecular weight is 310 g/mol. The minimum absolute atomic E-state index is 0.508. The summed E-state index contributed by atoms with van der Waals surface area (Å²) in [7, 11) is 0. The molecule has 20 heavy (non-hydrogen) atoms. The molecule has 0 aliphatic rings. The van der Waals surface area contributed by atoms with Crippen LogP contribution in [0.4, 0.5) is 0 Å². The van der Waals surface area contributed by atoms with Crippen LogP contribution in [-0.2, 0) is 14.2 Å². The molecule has 0 amide bonds. The van der Waals surface area contributed by atoms with Crippen molar-refractivity contribution in [3.63, 3.8) is 0 Å². The van der Waals surface area contributed by atoms with Crippen molar-refractivity contribution in [2.45, 2.75) is 39.7 Å². The highest BCUT2D eigenvalue weighted by Gasteiger charge is 2.07. The molecule has 0 heterocycles. The van der Waals surface area contributed by atoms with Gasteiger partial charge >= 0.3 is 0 Å². The molecule has 0 bridgehead atoms. The van der Waals surface area contributed by atoms with E-state index in [1.807, 2.05) is 0 Å². The Labute approximate surface area is 129 Å². The fourth-order valence-electron chi connectivity index (χ4n) is 1.71. The van der Waals surface area contributed by atoms with E-state index in [4.69, 9.17) is 25.8 Å². The highest BCUT2D eigenvalue weighted by molar-refractivity contribution is 6.18. The maximum atomic E-state index is 5.77. The first-order chi connectivity index (χ1) is 9.72. The molecular weight excluding hydrogens is 278 g/mol. The molecule has 0 N–H and O–H groups in total. The molecule has 0 rings (SSSR count). The van der Waals surface area contributed by atoms with Gasteiger partial charge in [0.1, 0.15) is 0 Å². The Morgan fingerprint density at radius 2 is 1.40 bits per heavy atom. The van der Waals surface area contributed by atoms with Crippen LogP contribution in [0.2, 0.25) is 0 Å². The van der Waals surface area contributed by atoms with Gasteiger partial charge in [-0.3, -0.25) is 4.90 Å². The third-order valence-electron chi connectivity index (χ3n) is 3.01. The second kappa shape index (κ2) is 15.5. The lowest BCUT2D eigenvalue weighted by Crippen LogP contribution is -2.35. The van der Waals surface area contributed by atoms with Gasteiger partial charge < -0.3 is 14.2 Å². The standard InChI is InChI=1S/C15H32ClNO3/c1-4-5-9-18-11-13-20-14-12-19-10-8-17(7-6-16)15(2)3/h15H,4-14H2,1-3H3. The van der Waals surface area contributed by atoms with Gasteiger partial charge in [-0.15, -0.1) is 11.6 Å². The van der Waals surface area contributed by atoms with E-state index >= 15 is 0 Å². The second-order valence-corrected chi connectivity index (χ2v) is 5.39. The van der Waals surface area contributed by atoms with Crippen LogP contribution in [0.3, 0.4) is 0 Å². The molecule has 0 aromatic rings. The Balaban J connectivity index is 3.23. The number of ether oxygens (including phenoxy) is 3. The quantitative estimate of drug-likeness (QED) is 0.344. The van der Waals surface area contributed by atoms with Crippen LogP contribution in [0.25, 0.3) is 0 Å². The number of rotatable bonds is 15. The van der Waals surface area contributed by atoms with E-state index in [9.17, 15) is 0 Å². The van der Waals surface area contributed by atoms with Gasteiger partial charge in [-0.2, -0.15) is 0 Å². The van der Waals surface area contributed by atoms with Crippen molar-refractivity contribution in [3.8, 4) is 0 Å². The molecule has 0 saturated heterocycles. The molecular formula is C15H32ClNO3. The van der Waals surface area contributed by atoms with Gasteiger partial charge in [-0.25, -0.2) is 0 Å². The first-order valence-corrected chi connectivity index (χ1v) is 8.29. The van der Waals surface area contributed by atoms with E-state index < -0.39 is 0 Å². The summed E-state index contributed by atoms with van der Waals surface area (Å²) in [5.41, 5.74) is 0. The second-order valence-electron chi connectivity index (χ2n) is 5.01. The molecule has 122 valence electrons. The van der Waals surface area contributed by atoms with E-state index in [1.165, 1.54) is 6.42 Å². The third kappa shape index (κ3) is 13.1. The number of unbranched alkanes of at least 4 members (excludes halogenated alkanes) is 1. The maximum absolute atomic E-state index is 5.77. The van der Waals surface area contributed by atoms with Crippen molar-refractivity contribution in [3.05, 3.63) is 0 Å². The lowest BCUT2D eigenvalue weighted by Gasteiger charge is -2.25. The summed E-state index contributed by atoms with van der Waals surface area (Å²) in [6.45, 7) is 12.5. The molecule has 0 radical (unpaired) electrons. The molecule has 0 fully saturated rings. The number of halogens is 1. The Bertz CT molecular complexity index is 194. The topological polar surface area (TPSA) is 30.9 Å². The summed E-state index contributed by atoms with van der Waals surface area (Å²) >= 11 is 5.77. The minimum atomic E-state index is 0.508. The van der Waals surface area contributed by atoms with Gasteiger partial charge in [0.05, 0.1) is 33.0 Å². The van der Waals surface area contributed by atoms with Gasteiger partial charge in [0.2, 0.25) is 0 Å². The smallest absolute Gasteiger partial charge is 0.0701 e. The molecule has 0 aliphatic carbocycles. The number of hydrogen-bond acceptors (Lipinski definition) is 4. The maximum Gasteiger partial charge on any atom is 0.0701 e. The fraction of sp³-hybridized carbons (Fsp3) is 1.00. The van der Waals surface area contributed by atoms with E-state index in [0.717, 1.165) is 32.7 Å². The molecule has 5 heteroatoms. The van der Waals surface area contributed by atoms with Crippen molar-refractivity contribution in [1.29, 1.82) is 0 Å². The zero-order valence-electron chi connectivity index (χ0n) is 13.4. The Morgan fingerprint density at radius 3 is 1.90 bits per heavy atom. The molecule has 4 nitrogen and oxygen atoms in total. The number of nitrogens with zero attached hydrogens (tertiary/aromatic N) is 1. The molecule has 0 aliphatic heterocycles. The van der Waals surface area contributed by atoms with Crippen molar-refractivity contribution in [1.82, 2.24) is 4.90 Å². The van der Waals surface area contributed by atoms with Crippen molar-refractivity contribution >= 4 is 11.6 Å². The molecule has 0 saturated carbocycles. The van der Waals surface area contributed by atoms with E-state index in [-0.39, 0.29) is 0 Å². The third-order valence-corrected chi connectivity index (χ3v) is 3.18. The summed E-state index contributed by atoms with van der Waals surface area (Å²) in [6, 6.07) is 0.508. The molecule has 0 aromatic heterocycles. The van der Waals surface area contributed by atoms with Gasteiger partial charge in [-0.1, -0.05) is 13.3 Å². The number of hydrogen-bond donors (Lipinski definition) is 0. The van der Waals surface area contributed by atoms with Gasteiger partial charge in [0, 0.05) is 31.6 Å². The van der Waals surface area contributed by atoms with Crippen LogP contribution in [0.1, 0.15) is 33.6 Å².